The van der Waals surface area contributed by atoms with E-state index in [2.05, 4.69) is 21.6 Å². The van der Waals surface area contributed by atoms with Gasteiger partial charge in [-0.2, -0.15) is 0 Å². The summed E-state index contributed by atoms with van der Waals surface area (Å²) in [7, 11) is 1.59. The number of carbonyl (C=O) groups is 1. The van der Waals surface area contributed by atoms with Crippen LogP contribution in [-0.4, -0.2) is 32.9 Å². The number of nitrogens with one attached hydrogen (secondary N) is 1. The van der Waals surface area contributed by atoms with E-state index >= 15 is 0 Å². The number of aromatic nitrogens is 3. The second-order valence-corrected chi connectivity index (χ2v) is 7.44. The molecule has 2 aromatic heterocycles. The number of rotatable bonds is 6. The molecule has 4 aromatic rings. The van der Waals surface area contributed by atoms with Crippen molar-refractivity contribution in [1.82, 2.24) is 14.6 Å². The number of para-hydroxylation sites is 3. The second-order valence-electron chi connectivity index (χ2n) is 6.27. The standard InChI is InChI=1S/C21H20N4O2S/c1-3-18(20(26)22-15-9-5-7-11-17(15)27-2)28-21-24-23-19-13-12-14-8-4-6-10-16(14)25(19)21/h4-13,18H,3H2,1-2H3,(H,22,26). The average molecular weight is 392 g/mol. The van der Waals surface area contributed by atoms with Gasteiger partial charge in [0.15, 0.2) is 10.8 Å². The van der Waals surface area contributed by atoms with Crippen LogP contribution in [0.5, 0.6) is 5.75 Å². The van der Waals surface area contributed by atoms with Gasteiger partial charge >= 0.3 is 0 Å². The van der Waals surface area contributed by atoms with Gasteiger partial charge < -0.3 is 10.1 Å². The lowest BCUT2D eigenvalue weighted by Gasteiger charge is -2.15. The fourth-order valence-electron chi connectivity index (χ4n) is 3.10. The van der Waals surface area contributed by atoms with Gasteiger partial charge in [0.05, 0.1) is 23.6 Å². The molecule has 1 N–H and O–H groups in total. The molecular formula is C21H20N4O2S. The van der Waals surface area contributed by atoms with Crippen LogP contribution in [-0.2, 0) is 4.79 Å². The number of hydrogen-bond acceptors (Lipinski definition) is 5. The number of ether oxygens (including phenoxy) is 1. The number of benzene rings is 2. The highest BCUT2D eigenvalue weighted by molar-refractivity contribution is 8.00. The zero-order chi connectivity index (χ0) is 19.5. The molecule has 28 heavy (non-hydrogen) atoms. The van der Waals surface area contributed by atoms with Crippen molar-refractivity contribution in [3.63, 3.8) is 0 Å². The molecule has 6 nitrogen and oxygen atoms in total. The minimum absolute atomic E-state index is 0.0889. The van der Waals surface area contributed by atoms with Crippen LogP contribution in [0, 0.1) is 0 Å². The number of methoxy groups -OCH3 is 1. The number of fused-ring (bicyclic) bond motifs is 3. The molecule has 1 unspecified atom stereocenters. The topological polar surface area (TPSA) is 68.5 Å². The summed E-state index contributed by atoms with van der Waals surface area (Å²) in [5, 5.41) is 13.1. The summed E-state index contributed by atoms with van der Waals surface area (Å²) in [5.41, 5.74) is 2.44. The quantitative estimate of drug-likeness (QED) is 0.493. The number of pyridine rings is 1. The number of hydrogen-bond donors (Lipinski definition) is 1. The molecular weight excluding hydrogens is 372 g/mol. The number of nitrogens with zero attached hydrogens (tertiary/aromatic N) is 3. The fraction of sp³-hybridized carbons (Fsp3) is 0.190. The van der Waals surface area contributed by atoms with E-state index in [0.29, 0.717) is 23.0 Å². The van der Waals surface area contributed by atoms with Crippen LogP contribution in [0.1, 0.15) is 13.3 Å². The van der Waals surface area contributed by atoms with Gasteiger partial charge in [0.2, 0.25) is 5.91 Å². The first-order chi connectivity index (χ1) is 13.7. The molecule has 0 fully saturated rings. The molecule has 0 aliphatic rings. The number of amides is 1. The average Bonchev–Trinajstić information content (AvgIpc) is 3.15. The van der Waals surface area contributed by atoms with Gasteiger partial charge in [-0.25, -0.2) is 0 Å². The van der Waals surface area contributed by atoms with E-state index in [4.69, 9.17) is 4.74 Å². The predicted octanol–water partition coefficient (Wildman–Crippen LogP) is 4.40. The lowest BCUT2D eigenvalue weighted by molar-refractivity contribution is -0.115. The summed E-state index contributed by atoms with van der Waals surface area (Å²) in [6.07, 6.45) is 0.658. The van der Waals surface area contributed by atoms with E-state index in [0.717, 1.165) is 16.6 Å². The first kappa shape index (κ1) is 18.3. The summed E-state index contributed by atoms with van der Waals surface area (Å²) >= 11 is 1.42. The van der Waals surface area contributed by atoms with Crippen molar-refractivity contribution < 1.29 is 9.53 Å². The Morgan fingerprint density at radius 1 is 1.11 bits per heavy atom. The Labute approximate surface area is 166 Å². The van der Waals surface area contributed by atoms with E-state index in [-0.39, 0.29) is 11.2 Å². The Balaban J connectivity index is 1.63. The molecule has 4 rings (SSSR count). The lowest BCUT2D eigenvalue weighted by Crippen LogP contribution is -2.25. The molecule has 0 saturated heterocycles. The van der Waals surface area contributed by atoms with Crippen molar-refractivity contribution in [2.24, 2.45) is 0 Å². The minimum atomic E-state index is -0.309. The number of carbonyl (C=O) groups excluding carboxylic acids is 1. The Bertz CT molecular complexity index is 1140. The largest absolute Gasteiger partial charge is 0.495 e. The Kier molecular flexibility index (Phi) is 5.16. The minimum Gasteiger partial charge on any atom is -0.495 e. The first-order valence-electron chi connectivity index (χ1n) is 9.04. The van der Waals surface area contributed by atoms with Gasteiger partial charge in [0, 0.05) is 0 Å². The van der Waals surface area contributed by atoms with E-state index in [1.165, 1.54) is 11.8 Å². The zero-order valence-electron chi connectivity index (χ0n) is 15.6. The smallest absolute Gasteiger partial charge is 0.238 e. The van der Waals surface area contributed by atoms with Crippen molar-refractivity contribution in [1.29, 1.82) is 0 Å². The molecule has 0 aliphatic heterocycles. The van der Waals surface area contributed by atoms with E-state index in [1.54, 1.807) is 7.11 Å². The van der Waals surface area contributed by atoms with Crippen LogP contribution >= 0.6 is 11.8 Å². The third-order valence-corrected chi connectivity index (χ3v) is 5.83. The van der Waals surface area contributed by atoms with Crippen LogP contribution in [0.3, 0.4) is 0 Å². The zero-order valence-corrected chi connectivity index (χ0v) is 16.4. The normalized spacial score (nSPS) is 12.2. The lowest BCUT2D eigenvalue weighted by atomic mass is 10.2. The van der Waals surface area contributed by atoms with Crippen molar-refractivity contribution in [2.45, 2.75) is 23.8 Å². The predicted molar refractivity (Wildman–Crippen MR) is 112 cm³/mol. The SMILES string of the molecule is CCC(Sc1nnc2ccc3ccccc3n12)C(=O)Nc1ccccc1OC. The van der Waals surface area contributed by atoms with Crippen LogP contribution in [0.4, 0.5) is 5.69 Å². The molecule has 0 radical (unpaired) electrons. The Morgan fingerprint density at radius 2 is 1.89 bits per heavy atom. The van der Waals surface area contributed by atoms with Gasteiger partial charge in [0.1, 0.15) is 5.75 Å². The molecule has 7 heteroatoms. The second kappa shape index (κ2) is 7.90. The van der Waals surface area contributed by atoms with Gasteiger partial charge in [-0.1, -0.05) is 49.0 Å². The molecule has 1 atom stereocenters. The van der Waals surface area contributed by atoms with Gasteiger partial charge in [-0.05, 0) is 42.1 Å². The number of anilines is 1. The van der Waals surface area contributed by atoms with E-state index in [1.807, 2.05) is 65.9 Å². The van der Waals surface area contributed by atoms with Crippen LogP contribution in [0.2, 0.25) is 0 Å². The van der Waals surface area contributed by atoms with Crippen molar-refractivity contribution in [3.8, 4) is 5.75 Å². The van der Waals surface area contributed by atoms with E-state index in [9.17, 15) is 4.79 Å². The van der Waals surface area contributed by atoms with Crippen LogP contribution in [0.15, 0.2) is 65.8 Å². The summed E-state index contributed by atoms with van der Waals surface area (Å²) in [5.74, 6) is 0.545. The van der Waals surface area contributed by atoms with Crippen molar-refractivity contribution in [3.05, 3.63) is 60.7 Å². The maximum atomic E-state index is 12.9. The first-order valence-corrected chi connectivity index (χ1v) is 9.92. The van der Waals surface area contributed by atoms with Gasteiger partial charge in [-0.15, -0.1) is 10.2 Å². The molecule has 142 valence electrons. The van der Waals surface area contributed by atoms with Gasteiger partial charge in [0.25, 0.3) is 0 Å². The van der Waals surface area contributed by atoms with E-state index < -0.39 is 0 Å². The summed E-state index contributed by atoms with van der Waals surface area (Å²) in [6, 6.07) is 19.4. The summed E-state index contributed by atoms with van der Waals surface area (Å²) < 4.78 is 7.32. The highest BCUT2D eigenvalue weighted by Gasteiger charge is 2.22. The highest BCUT2D eigenvalue weighted by atomic mass is 32.2. The van der Waals surface area contributed by atoms with Crippen molar-refractivity contribution in [2.75, 3.05) is 12.4 Å². The van der Waals surface area contributed by atoms with Gasteiger partial charge in [-0.3, -0.25) is 9.20 Å². The Hall–Kier alpha value is -3.06. The molecule has 2 aromatic carbocycles. The third-order valence-electron chi connectivity index (χ3n) is 4.52. The summed E-state index contributed by atoms with van der Waals surface area (Å²) in [4.78, 5) is 12.9. The molecule has 2 heterocycles. The Morgan fingerprint density at radius 3 is 2.71 bits per heavy atom. The third kappa shape index (κ3) is 3.41. The van der Waals surface area contributed by atoms with Crippen molar-refractivity contribution >= 4 is 39.9 Å². The monoisotopic (exact) mass is 392 g/mol. The highest BCUT2D eigenvalue weighted by Crippen LogP contribution is 2.30. The molecule has 1 amide bonds. The number of thioether (sulfide) groups is 1. The van der Waals surface area contributed by atoms with Crippen LogP contribution in [0.25, 0.3) is 16.6 Å². The molecule has 0 bridgehead atoms. The molecule has 0 spiro atoms. The summed E-state index contributed by atoms with van der Waals surface area (Å²) in [6.45, 7) is 1.99. The maximum Gasteiger partial charge on any atom is 0.238 e. The molecule has 0 saturated carbocycles. The molecule has 0 aliphatic carbocycles. The van der Waals surface area contributed by atoms with Crippen LogP contribution < -0.4 is 10.1 Å². The maximum absolute atomic E-state index is 12.9. The fourth-order valence-corrected chi connectivity index (χ4v) is 4.07.